The average molecular weight is 205 g/mol. The molecule has 0 bridgehead atoms. The van der Waals surface area contributed by atoms with Gasteiger partial charge >= 0.3 is 0 Å². The molecule has 0 aromatic carbocycles. The molecule has 2 unspecified atom stereocenters. The van der Waals surface area contributed by atoms with Gasteiger partial charge in [0.2, 0.25) is 0 Å². The number of ether oxygens (including phenoxy) is 1. The highest BCUT2D eigenvalue weighted by molar-refractivity contribution is 7.16. The molecule has 0 spiro atoms. The lowest BCUT2D eigenvalue weighted by Gasteiger charge is -2.08. The van der Waals surface area contributed by atoms with Gasteiger partial charge in [0.05, 0.1) is 23.7 Å². The molecule has 0 aliphatic carbocycles. The summed E-state index contributed by atoms with van der Waals surface area (Å²) in [6.07, 6.45) is -0.361. The molecule has 1 saturated heterocycles. The molecule has 0 saturated carbocycles. The minimum Gasteiger partial charge on any atom is -0.390 e. The molecule has 2 nitrogen and oxygen atoms in total. The zero-order chi connectivity index (χ0) is 8.55. The van der Waals surface area contributed by atoms with E-state index in [2.05, 4.69) is 0 Å². The van der Waals surface area contributed by atoms with Crippen LogP contribution in [0.3, 0.4) is 0 Å². The van der Waals surface area contributed by atoms with E-state index < -0.39 is 0 Å². The normalized spacial score (nSPS) is 29.5. The molecule has 0 radical (unpaired) electrons. The van der Waals surface area contributed by atoms with Crippen molar-refractivity contribution >= 4 is 22.9 Å². The molecule has 1 fully saturated rings. The van der Waals surface area contributed by atoms with Gasteiger partial charge in [0.25, 0.3) is 0 Å². The summed E-state index contributed by atoms with van der Waals surface area (Å²) in [5.41, 5.74) is 0. The van der Waals surface area contributed by atoms with Crippen molar-refractivity contribution < 1.29 is 9.84 Å². The van der Waals surface area contributed by atoms with Gasteiger partial charge in [-0.1, -0.05) is 11.6 Å². The molecule has 0 amide bonds. The van der Waals surface area contributed by atoms with Gasteiger partial charge in [0.1, 0.15) is 0 Å². The Morgan fingerprint density at radius 2 is 2.33 bits per heavy atom. The van der Waals surface area contributed by atoms with Gasteiger partial charge < -0.3 is 9.84 Å². The van der Waals surface area contributed by atoms with Crippen LogP contribution in [0.5, 0.6) is 0 Å². The second kappa shape index (κ2) is 3.34. The Hall–Kier alpha value is -0.0900. The number of hydrogen-bond donors (Lipinski definition) is 1. The van der Waals surface area contributed by atoms with Crippen molar-refractivity contribution in [2.75, 3.05) is 13.2 Å². The standard InChI is InChI=1S/C8H9ClO2S/c9-8-2-1-7(12-8)5-3-11-4-6(5)10/h1-2,5-6,10H,3-4H2. The molecule has 1 aliphatic rings. The third kappa shape index (κ3) is 1.50. The van der Waals surface area contributed by atoms with Crippen LogP contribution >= 0.6 is 22.9 Å². The summed E-state index contributed by atoms with van der Waals surface area (Å²) in [4.78, 5) is 1.12. The zero-order valence-corrected chi connectivity index (χ0v) is 7.94. The molecule has 12 heavy (non-hydrogen) atoms. The summed E-state index contributed by atoms with van der Waals surface area (Å²) < 4.78 is 5.91. The van der Waals surface area contributed by atoms with Crippen molar-refractivity contribution in [3.63, 3.8) is 0 Å². The Labute approximate surface area is 79.7 Å². The molecule has 2 heterocycles. The van der Waals surface area contributed by atoms with Crippen LogP contribution in [0.1, 0.15) is 10.8 Å². The monoisotopic (exact) mass is 204 g/mol. The molecular weight excluding hydrogens is 196 g/mol. The van der Waals surface area contributed by atoms with Crippen LogP contribution in [-0.4, -0.2) is 24.4 Å². The summed E-state index contributed by atoms with van der Waals surface area (Å²) >= 11 is 7.30. The van der Waals surface area contributed by atoms with E-state index in [0.717, 1.165) is 9.21 Å². The van der Waals surface area contributed by atoms with E-state index >= 15 is 0 Å². The second-order valence-electron chi connectivity index (χ2n) is 2.85. The topological polar surface area (TPSA) is 29.5 Å². The maximum atomic E-state index is 9.49. The third-order valence-corrected chi connectivity index (χ3v) is 3.37. The van der Waals surface area contributed by atoms with E-state index in [1.54, 1.807) is 0 Å². The van der Waals surface area contributed by atoms with Gasteiger partial charge in [-0.05, 0) is 12.1 Å². The first kappa shape index (κ1) is 8.51. The van der Waals surface area contributed by atoms with Gasteiger partial charge in [-0.25, -0.2) is 0 Å². The molecule has 2 rings (SSSR count). The van der Waals surface area contributed by atoms with Crippen LogP contribution in [0.15, 0.2) is 12.1 Å². The van der Waals surface area contributed by atoms with E-state index in [0.29, 0.717) is 13.2 Å². The lowest BCUT2D eigenvalue weighted by atomic mass is 10.1. The Morgan fingerprint density at radius 1 is 1.50 bits per heavy atom. The summed E-state index contributed by atoms with van der Waals surface area (Å²) in [6, 6.07) is 3.81. The van der Waals surface area contributed by atoms with Gasteiger partial charge in [-0.15, -0.1) is 11.3 Å². The van der Waals surface area contributed by atoms with E-state index in [1.165, 1.54) is 11.3 Å². The number of hydrogen-bond acceptors (Lipinski definition) is 3. The quantitative estimate of drug-likeness (QED) is 0.757. The van der Waals surface area contributed by atoms with Crippen LogP contribution in [0.2, 0.25) is 4.34 Å². The summed E-state index contributed by atoms with van der Waals surface area (Å²) in [7, 11) is 0. The first-order chi connectivity index (χ1) is 5.77. The molecule has 1 aliphatic heterocycles. The average Bonchev–Trinajstić information content (AvgIpc) is 2.58. The second-order valence-corrected chi connectivity index (χ2v) is 4.60. The SMILES string of the molecule is OC1COCC1c1ccc(Cl)s1. The van der Waals surface area contributed by atoms with Crippen LogP contribution in [0.25, 0.3) is 0 Å². The number of rotatable bonds is 1. The smallest absolute Gasteiger partial charge is 0.0931 e. The number of aliphatic hydroxyl groups excluding tert-OH is 1. The van der Waals surface area contributed by atoms with Crippen LogP contribution < -0.4 is 0 Å². The number of halogens is 1. The van der Waals surface area contributed by atoms with Crippen molar-refractivity contribution in [3.05, 3.63) is 21.3 Å². The minimum atomic E-state index is -0.361. The van der Waals surface area contributed by atoms with Gasteiger partial charge in [-0.2, -0.15) is 0 Å². The van der Waals surface area contributed by atoms with Crippen LogP contribution in [0.4, 0.5) is 0 Å². The summed E-state index contributed by atoms with van der Waals surface area (Å²) in [6.45, 7) is 1.05. The summed E-state index contributed by atoms with van der Waals surface area (Å²) in [5.74, 6) is 0.127. The predicted octanol–water partition coefficient (Wildman–Crippen LogP) is 1.88. The van der Waals surface area contributed by atoms with E-state index in [-0.39, 0.29) is 12.0 Å². The minimum absolute atomic E-state index is 0.127. The summed E-state index contributed by atoms with van der Waals surface area (Å²) in [5, 5.41) is 9.49. The van der Waals surface area contributed by atoms with Gasteiger partial charge in [0.15, 0.2) is 0 Å². The number of aliphatic hydroxyl groups is 1. The van der Waals surface area contributed by atoms with E-state index in [4.69, 9.17) is 16.3 Å². The molecule has 1 N–H and O–H groups in total. The predicted molar refractivity (Wildman–Crippen MR) is 48.9 cm³/mol. The molecule has 66 valence electrons. The first-order valence-electron chi connectivity index (χ1n) is 3.78. The Kier molecular flexibility index (Phi) is 2.37. The van der Waals surface area contributed by atoms with E-state index in [1.807, 2.05) is 12.1 Å². The first-order valence-corrected chi connectivity index (χ1v) is 4.98. The van der Waals surface area contributed by atoms with Crippen molar-refractivity contribution in [1.29, 1.82) is 0 Å². The maximum Gasteiger partial charge on any atom is 0.0931 e. The maximum absolute atomic E-state index is 9.49. The van der Waals surface area contributed by atoms with E-state index in [9.17, 15) is 5.11 Å². The fraction of sp³-hybridized carbons (Fsp3) is 0.500. The fourth-order valence-corrected chi connectivity index (χ4v) is 2.55. The molecule has 1 aromatic rings. The number of thiophene rings is 1. The van der Waals surface area contributed by atoms with Crippen molar-refractivity contribution in [2.24, 2.45) is 0 Å². The largest absolute Gasteiger partial charge is 0.390 e. The lowest BCUT2D eigenvalue weighted by molar-refractivity contribution is 0.125. The highest BCUT2D eigenvalue weighted by Crippen LogP contribution is 2.33. The third-order valence-electron chi connectivity index (χ3n) is 2.01. The van der Waals surface area contributed by atoms with Crippen molar-refractivity contribution in [1.82, 2.24) is 0 Å². The molecular formula is C8H9ClO2S. The van der Waals surface area contributed by atoms with Crippen LogP contribution in [0, 0.1) is 0 Å². The molecule has 4 heteroatoms. The highest BCUT2D eigenvalue weighted by Gasteiger charge is 2.28. The highest BCUT2D eigenvalue weighted by atomic mass is 35.5. The zero-order valence-electron chi connectivity index (χ0n) is 6.37. The van der Waals surface area contributed by atoms with Crippen molar-refractivity contribution in [3.8, 4) is 0 Å². The molecule has 2 atom stereocenters. The van der Waals surface area contributed by atoms with Crippen LogP contribution in [-0.2, 0) is 4.74 Å². The van der Waals surface area contributed by atoms with Gasteiger partial charge in [-0.3, -0.25) is 0 Å². The Balaban J connectivity index is 2.19. The lowest BCUT2D eigenvalue weighted by Crippen LogP contribution is -2.14. The Bertz CT molecular complexity index is 274. The van der Waals surface area contributed by atoms with Crippen molar-refractivity contribution in [2.45, 2.75) is 12.0 Å². The van der Waals surface area contributed by atoms with Gasteiger partial charge in [0, 0.05) is 10.8 Å². The fourth-order valence-electron chi connectivity index (χ4n) is 1.34. The Morgan fingerprint density at radius 3 is 2.83 bits per heavy atom. The molecule has 1 aromatic heterocycles.